The van der Waals surface area contributed by atoms with Gasteiger partial charge in [0.25, 0.3) is 0 Å². The van der Waals surface area contributed by atoms with Gasteiger partial charge in [0.1, 0.15) is 11.8 Å². The quantitative estimate of drug-likeness (QED) is 0.858. The molecule has 0 saturated carbocycles. The van der Waals surface area contributed by atoms with Gasteiger partial charge in [0, 0.05) is 17.8 Å². The third kappa shape index (κ3) is 4.25. The second-order valence-corrected chi connectivity index (χ2v) is 6.23. The fraction of sp³-hybridized carbons (Fsp3) is 0.500. The van der Waals surface area contributed by atoms with Crippen LogP contribution in [0.25, 0.3) is 0 Å². The molecule has 1 aromatic carbocycles. The van der Waals surface area contributed by atoms with E-state index in [0.717, 1.165) is 18.7 Å². The van der Waals surface area contributed by atoms with Crippen LogP contribution in [0.1, 0.15) is 25.0 Å². The summed E-state index contributed by atoms with van der Waals surface area (Å²) in [5.74, 6) is 0.640. The Kier molecular flexibility index (Phi) is 5.52. The molecule has 0 amide bonds. The molecule has 0 heterocycles. The molecule has 0 aromatic heterocycles. The molecule has 0 bridgehead atoms. The molecular formula is C14H20N2OS. The molecule has 0 fully saturated rings. The van der Waals surface area contributed by atoms with E-state index in [1.54, 1.807) is 13.2 Å². The standard InChI is InChI=1S/C14H20N2OS/c1-14(2,18-4)10-16-9-11-5-6-12(8-15)13(7-11)17-3/h5-7,16H,9-10H2,1-4H3. The molecule has 0 unspecified atom stereocenters. The summed E-state index contributed by atoms with van der Waals surface area (Å²) >= 11 is 1.85. The van der Waals surface area contributed by atoms with Crippen LogP contribution in [-0.4, -0.2) is 24.7 Å². The number of nitrogens with zero attached hydrogens (tertiary/aromatic N) is 1. The van der Waals surface area contributed by atoms with Gasteiger partial charge >= 0.3 is 0 Å². The molecule has 98 valence electrons. The number of hydrogen-bond acceptors (Lipinski definition) is 4. The largest absolute Gasteiger partial charge is 0.495 e. The Morgan fingerprint density at radius 1 is 1.44 bits per heavy atom. The average molecular weight is 264 g/mol. The second-order valence-electron chi connectivity index (χ2n) is 4.71. The van der Waals surface area contributed by atoms with Crippen LogP contribution in [0.4, 0.5) is 0 Å². The summed E-state index contributed by atoms with van der Waals surface area (Å²) in [6, 6.07) is 7.79. The first kappa shape index (κ1) is 14.9. The van der Waals surface area contributed by atoms with Gasteiger partial charge in [0.05, 0.1) is 12.7 Å². The first-order valence-corrected chi connectivity index (χ1v) is 7.08. The first-order valence-electron chi connectivity index (χ1n) is 5.85. The van der Waals surface area contributed by atoms with E-state index >= 15 is 0 Å². The molecule has 4 heteroatoms. The molecule has 1 N–H and O–H groups in total. The summed E-state index contributed by atoms with van der Waals surface area (Å²) in [6.45, 7) is 6.15. The summed E-state index contributed by atoms with van der Waals surface area (Å²) < 4.78 is 5.42. The highest BCUT2D eigenvalue weighted by molar-refractivity contribution is 7.99. The summed E-state index contributed by atoms with van der Waals surface area (Å²) in [7, 11) is 1.59. The lowest BCUT2D eigenvalue weighted by Crippen LogP contribution is -2.31. The van der Waals surface area contributed by atoms with E-state index in [2.05, 4.69) is 31.5 Å². The van der Waals surface area contributed by atoms with Crippen molar-refractivity contribution in [2.75, 3.05) is 19.9 Å². The molecule has 1 aromatic rings. The van der Waals surface area contributed by atoms with Gasteiger partial charge in [-0.05, 0) is 37.8 Å². The zero-order valence-electron chi connectivity index (χ0n) is 11.4. The molecular weight excluding hydrogens is 244 g/mol. The number of methoxy groups -OCH3 is 1. The Morgan fingerprint density at radius 2 is 2.17 bits per heavy atom. The normalized spacial score (nSPS) is 11.1. The fourth-order valence-corrected chi connectivity index (χ4v) is 1.76. The van der Waals surface area contributed by atoms with E-state index in [4.69, 9.17) is 10.00 Å². The number of hydrogen-bond donors (Lipinski definition) is 1. The molecule has 0 saturated heterocycles. The van der Waals surface area contributed by atoms with Gasteiger partial charge in [-0.2, -0.15) is 17.0 Å². The highest BCUT2D eigenvalue weighted by atomic mass is 32.2. The van der Waals surface area contributed by atoms with E-state index in [0.29, 0.717) is 11.3 Å². The molecule has 0 aliphatic rings. The minimum atomic E-state index is 0.233. The van der Waals surface area contributed by atoms with E-state index < -0.39 is 0 Å². The van der Waals surface area contributed by atoms with Crippen molar-refractivity contribution in [2.45, 2.75) is 25.1 Å². The molecule has 0 radical (unpaired) electrons. The van der Waals surface area contributed by atoms with Crippen LogP contribution in [0.3, 0.4) is 0 Å². The van der Waals surface area contributed by atoms with Crippen LogP contribution in [0.15, 0.2) is 18.2 Å². The van der Waals surface area contributed by atoms with Crippen LogP contribution in [0.5, 0.6) is 5.75 Å². The van der Waals surface area contributed by atoms with Crippen molar-refractivity contribution in [3.05, 3.63) is 29.3 Å². The highest BCUT2D eigenvalue weighted by Crippen LogP contribution is 2.21. The van der Waals surface area contributed by atoms with Gasteiger partial charge in [-0.25, -0.2) is 0 Å². The monoisotopic (exact) mass is 264 g/mol. The maximum absolute atomic E-state index is 8.91. The van der Waals surface area contributed by atoms with Gasteiger partial charge in [0.15, 0.2) is 0 Å². The predicted molar refractivity (Wildman–Crippen MR) is 77.0 cm³/mol. The number of rotatable bonds is 6. The number of nitriles is 1. The van der Waals surface area contributed by atoms with E-state index in [1.165, 1.54) is 0 Å². The smallest absolute Gasteiger partial charge is 0.136 e. The Balaban J connectivity index is 2.61. The van der Waals surface area contributed by atoms with E-state index in [1.807, 2.05) is 23.9 Å². The maximum atomic E-state index is 8.91. The Morgan fingerprint density at radius 3 is 2.72 bits per heavy atom. The topological polar surface area (TPSA) is 45.0 Å². The Labute approximate surface area is 114 Å². The van der Waals surface area contributed by atoms with Crippen molar-refractivity contribution in [3.63, 3.8) is 0 Å². The lowest BCUT2D eigenvalue weighted by Gasteiger charge is -2.22. The molecule has 1 rings (SSSR count). The Bertz CT molecular complexity index is 438. The SMILES string of the molecule is COc1cc(CNCC(C)(C)SC)ccc1C#N. The first-order chi connectivity index (χ1) is 8.52. The van der Waals surface area contributed by atoms with Gasteiger partial charge in [0.2, 0.25) is 0 Å². The predicted octanol–water partition coefficient (Wildman–Crippen LogP) is 2.80. The highest BCUT2D eigenvalue weighted by Gasteiger charge is 2.14. The van der Waals surface area contributed by atoms with Gasteiger partial charge in [-0.3, -0.25) is 0 Å². The molecule has 0 aliphatic heterocycles. The van der Waals surface area contributed by atoms with Crippen LogP contribution in [0.2, 0.25) is 0 Å². The zero-order chi connectivity index (χ0) is 13.6. The maximum Gasteiger partial charge on any atom is 0.136 e. The molecule has 0 spiro atoms. The van der Waals surface area contributed by atoms with Crippen LogP contribution in [-0.2, 0) is 6.54 Å². The number of ether oxygens (including phenoxy) is 1. The number of thioether (sulfide) groups is 1. The molecule has 18 heavy (non-hydrogen) atoms. The third-order valence-corrected chi connectivity index (χ3v) is 4.07. The van der Waals surface area contributed by atoms with Crippen molar-refractivity contribution in [3.8, 4) is 11.8 Å². The number of nitrogens with one attached hydrogen (secondary N) is 1. The summed E-state index contributed by atoms with van der Waals surface area (Å²) in [4.78, 5) is 0. The molecule has 0 atom stereocenters. The summed E-state index contributed by atoms with van der Waals surface area (Å²) in [5, 5.41) is 12.3. The zero-order valence-corrected chi connectivity index (χ0v) is 12.2. The van der Waals surface area contributed by atoms with Crippen molar-refractivity contribution in [2.24, 2.45) is 0 Å². The van der Waals surface area contributed by atoms with Gasteiger partial charge in [-0.15, -0.1) is 0 Å². The summed E-state index contributed by atoms with van der Waals surface area (Å²) in [5.41, 5.74) is 1.70. The van der Waals surface area contributed by atoms with Gasteiger partial charge < -0.3 is 10.1 Å². The minimum Gasteiger partial charge on any atom is -0.495 e. The van der Waals surface area contributed by atoms with E-state index in [9.17, 15) is 0 Å². The second kappa shape index (κ2) is 6.67. The van der Waals surface area contributed by atoms with E-state index in [-0.39, 0.29) is 4.75 Å². The van der Waals surface area contributed by atoms with Crippen molar-refractivity contribution in [1.29, 1.82) is 5.26 Å². The third-order valence-electron chi connectivity index (χ3n) is 2.82. The Hall–Kier alpha value is -1.18. The van der Waals surface area contributed by atoms with Crippen LogP contribution < -0.4 is 10.1 Å². The van der Waals surface area contributed by atoms with Crippen LogP contribution >= 0.6 is 11.8 Å². The van der Waals surface area contributed by atoms with Crippen molar-refractivity contribution < 1.29 is 4.74 Å². The van der Waals surface area contributed by atoms with Crippen molar-refractivity contribution in [1.82, 2.24) is 5.32 Å². The van der Waals surface area contributed by atoms with Crippen molar-refractivity contribution >= 4 is 11.8 Å². The molecule has 3 nitrogen and oxygen atoms in total. The summed E-state index contributed by atoms with van der Waals surface area (Å²) in [6.07, 6.45) is 2.12. The molecule has 0 aliphatic carbocycles. The number of benzene rings is 1. The average Bonchev–Trinajstić information content (AvgIpc) is 2.38. The van der Waals surface area contributed by atoms with Crippen LogP contribution in [0, 0.1) is 11.3 Å². The lowest BCUT2D eigenvalue weighted by molar-refractivity contribution is 0.412. The van der Waals surface area contributed by atoms with Gasteiger partial charge in [-0.1, -0.05) is 6.07 Å². The lowest BCUT2D eigenvalue weighted by atomic mass is 10.1. The minimum absolute atomic E-state index is 0.233. The fourth-order valence-electron chi connectivity index (χ4n) is 1.52.